The number of nitrogens with zero attached hydrogens (tertiary/aromatic N) is 3. The van der Waals surface area contributed by atoms with Crippen molar-refractivity contribution in [3.05, 3.63) is 96.1 Å². The van der Waals surface area contributed by atoms with Crippen molar-refractivity contribution in [1.29, 1.82) is 0 Å². The number of carboxylic acids is 1. The summed E-state index contributed by atoms with van der Waals surface area (Å²) in [6.45, 7) is 6.00. The number of aliphatic carboxylic acids is 1. The van der Waals surface area contributed by atoms with Gasteiger partial charge < -0.3 is 95.1 Å². The molecular formula is C72H100N16O20S. The van der Waals surface area contributed by atoms with E-state index >= 15 is 0 Å². The van der Waals surface area contributed by atoms with Crippen molar-refractivity contribution in [2.24, 2.45) is 17.4 Å². The Hall–Kier alpha value is -10.6. The summed E-state index contributed by atoms with van der Waals surface area (Å²) in [5.74, 6) is -17.9. The van der Waals surface area contributed by atoms with Gasteiger partial charge in [0.05, 0.1) is 31.4 Å². The number of aliphatic hydroxyl groups is 2. The van der Waals surface area contributed by atoms with E-state index in [-0.39, 0.29) is 63.8 Å². The first kappa shape index (κ1) is 87.3. The number of rotatable bonds is 18. The van der Waals surface area contributed by atoms with Crippen molar-refractivity contribution in [3.63, 3.8) is 0 Å². The Morgan fingerprint density at radius 1 is 0.606 bits per heavy atom. The monoisotopic (exact) mass is 1540 g/mol. The summed E-state index contributed by atoms with van der Waals surface area (Å²) in [5.41, 5.74) is 13.9. The van der Waals surface area contributed by atoms with Crippen LogP contribution in [0.2, 0.25) is 0 Å². The van der Waals surface area contributed by atoms with Gasteiger partial charge in [0, 0.05) is 32.2 Å². The Labute approximate surface area is 633 Å². The number of hydrogen-bond donors (Lipinski definition) is 16. The first-order valence-corrected chi connectivity index (χ1v) is 37.0. The highest BCUT2D eigenvalue weighted by molar-refractivity contribution is 8.00. The number of carbonyl (C=O) groups is 16. The minimum absolute atomic E-state index is 0.0170. The van der Waals surface area contributed by atoms with E-state index < -0.39 is 217 Å². The molecule has 36 nitrogen and oxygen atoms in total. The van der Waals surface area contributed by atoms with E-state index in [0.717, 1.165) is 39.6 Å². The Bertz CT molecular complexity index is 3750. The quantitative estimate of drug-likeness (QED) is 0.0533. The van der Waals surface area contributed by atoms with Crippen molar-refractivity contribution in [2.45, 2.75) is 184 Å². The summed E-state index contributed by atoms with van der Waals surface area (Å²) in [4.78, 5) is 231. The van der Waals surface area contributed by atoms with Crippen LogP contribution in [-0.2, 0) is 94.4 Å². The van der Waals surface area contributed by atoms with Crippen LogP contribution in [0.5, 0.6) is 0 Å². The molecule has 0 aromatic heterocycles. The molecule has 3 heterocycles. The smallest absolute Gasteiger partial charge is 0.305 e. The number of aliphatic hydroxyl groups excluding tert-OH is 2. The maximum absolute atomic E-state index is 14.9. The number of thioether (sulfide) groups is 1. The Balaban J connectivity index is 1.34. The third kappa shape index (κ3) is 25.5. The number of nitrogens with two attached hydrogens (primary N) is 2. The highest BCUT2D eigenvalue weighted by Gasteiger charge is 2.45. The molecular weight excluding hydrogens is 1440 g/mol. The van der Waals surface area contributed by atoms with Crippen molar-refractivity contribution < 1.29 is 96.9 Å². The first-order valence-electron chi connectivity index (χ1n) is 35.9. The molecule has 0 radical (unpaired) electrons. The normalized spacial score (nSPS) is 26.1. The van der Waals surface area contributed by atoms with Gasteiger partial charge in [0.15, 0.2) is 0 Å². The standard InChI is InChI=1S/C72H100N16O20S/c1-8-46-63(98)85-59(41(6)90)69(104)82-52-35-108-88(72(52)107)40(5)61(96)80-50(31-43-24-26-45(27-25-43)44-20-13-10-14-21-44)70(105)86(7)39(4)60(95)78-47(22-15-16-28-73)64(99)81-51(34-89)71(106)87-29-17-23-54(87)67(102)83-53(62(97)75-33-55(74)91)36-109-37-56(92)76-48(30-42-18-11-9-12-19-42)66(101)84-58(38(2)3)68(103)79-49(32-57(93)94)65(100)77-46/h9-14,18-21,24-27,38-41,46-54,58-59,89-90H,8,15-17,22-23,28-37,73H2,1-7H3,(H2,74,91)(H,75,97)(H,76,92)(H,77,100)(H,78,95)(H,79,103)(H,80,96)(H,81,99)(H,82,104)(H,83,102)(H,84,101)(H,85,98)(H,93,94)/t39-,40-,41+,46-,47-,48-,49-,50-,51-,52-,53-,54-,58-,59-/m0/s1. The fourth-order valence-electron chi connectivity index (χ4n) is 12.1. The van der Waals surface area contributed by atoms with Gasteiger partial charge in [-0.25, -0.2) is 5.06 Å². The van der Waals surface area contributed by atoms with Gasteiger partial charge in [-0.2, -0.15) is 0 Å². The molecule has 109 heavy (non-hydrogen) atoms. The second-order valence-electron chi connectivity index (χ2n) is 27.1. The minimum atomic E-state index is -1.93. The molecule has 0 unspecified atom stereocenters. The van der Waals surface area contributed by atoms with E-state index in [1.54, 1.807) is 54.6 Å². The van der Waals surface area contributed by atoms with Crippen LogP contribution in [-0.4, -0.2) is 261 Å². The van der Waals surface area contributed by atoms with Gasteiger partial charge in [0.25, 0.3) is 5.91 Å². The van der Waals surface area contributed by atoms with Gasteiger partial charge in [-0.05, 0) is 94.0 Å². The summed E-state index contributed by atoms with van der Waals surface area (Å²) < 4.78 is 0. The average Bonchev–Trinajstić information content (AvgIpc) is 1.75. The fraction of sp³-hybridized carbons (Fsp3) is 0.528. The highest BCUT2D eigenvalue weighted by Crippen LogP contribution is 2.23. The van der Waals surface area contributed by atoms with Crippen molar-refractivity contribution >= 4 is 106 Å². The highest BCUT2D eigenvalue weighted by atomic mass is 32.2. The molecule has 37 heteroatoms. The van der Waals surface area contributed by atoms with Crippen molar-refractivity contribution in [1.82, 2.24) is 73.3 Å². The van der Waals surface area contributed by atoms with E-state index in [2.05, 4.69) is 58.5 Å². The van der Waals surface area contributed by atoms with Crippen molar-refractivity contribution in [2.75, 3.05) is 51.4 Å². The lowest BCUT2D eigenvalue weighted by Crippen LogP contribution is -2.61. The Kier molecular flexibility index (Phi) is 33.8. The molecule has 0 aliphatic carbocycles. The number of amides is 15. The van der Waals surface area contributed by atoms with Crippen molar-refractivity contribution in [3.8, 4) is 11.1 Å². The molecule has 594 valence electrons. The number of primary amides is 1. The Morgan fingerprint density at radius 2 is 1.16 bits per heavy atom. The lowest BCUT2D eigenvalue weighted by molar-refractivity contribution is -0.177. The molecule has 3 aromatic carbocycles. The van der Waals surface area contributed by atoms with Crippen LogP contribution < -0.4 is 70.0 Å². The molecule has 15 amide bonds. The van der Waals surface area contributed by atoms with Gasteiger partial charge in [-0.3, -0.25) is 81.6 Å². The molecule has 18 N–H and O–H groups in total. The number of likely N-dealkylation sites (N-methyl/N-ethyl adjacent to an activating group) is 1. The van der Waals surface area contributed by atoms with E-state index in [4.69, 9.17) is 16.3 Å². The topological polar surface area (TPSA) is 537 Å². The number of hydrogen-bond acceptors (Lipinski definition) is 21. The molecule has 3 aliphatic rings. The number of carbonyl (C=O) groups excluding carboxylic acids is 15. The molecule has 0 saturated carbocycles. The van der Waals surface area contributed by atoms with Gasteiger partial charge in [-0.1, -0.05) is 106 Å². The van der Waals surface area contributed by atoms with E-state index in [1.807, 2.05) is 30.3 Å². The van der Waals surface area contributed by atoms with Crippen LogP contribution in [0.15, 0.2) is 84.9 Å². The molecule has 3 aliphatic heterocycles. The summed E-state index contributed by atoms with van der Waals surface area (Å²) in [7, 11) is 1.27. The van der Waals surface area contributed by atoms with E-state index in [9.17, 15) is 92.0 Å². The van der Waals surface area contributed by atoms with Crippen LogP contribution in [0.1, 0.15) is 97.6 Å². The molecule has 2 bridgehead atoms. The number of nitrogens with one attached hydrogen (secondary N) is 11. The first-order chi connectivity index (χ1) is 51.8. The zero-order valence-electron chi connectivity index (χ0n) is 61.7. The van der Waals surface area contributed by atoms with E-state index in [1.165, 1.54) is 41.7 Å². The summed E-state index contributed by atoms with van der Waals surface area (Å²) in [5, 5.41) is 59.4. The van der Waals surface area contributed by atoms with Gasteiger partial charge in [0.2, 0.25) is 82.7 Å². The minimum Gasteiger partial charge on any atom is -0.481 e. The zero-order chi connectivity index (χ0) is 80.3. The lowest BCUT2D eigenvalue weighted by atomic mass is 9.99. The van der Waals surface area contributed by atoms with Gasteiger partial charge in [-0.15, -0.1) is 11.8 Å². The molecule has 3 saturated heterocycles. The van der Waals surface area contributed by atoms with Gasteiger partial charge in [0.1, 0.15) is 85.2 Å². The second-order valence-corrected chi connectivity index (χ2v) is 28.1. The number of fused-ring (bicyclic) bond motifs is 3. The molecule has 14 atom stereocenters. The third-order valence-corrected chi connectivity index (χ3v) is 19.5. The second kappa shape index (κ2) is 42.2. The van der Waals surface area contributed by atoms with E-state index in [0.29, 0.717) is 22.6 Å². The maximum atomic E-state index is 14.9. The molecule has 3 aromatic rings. The van der Waals surface area contributed by atoms with Crippen LogP contribution in [0.25, 0.3) is 11.1 Å². The molecule has 3 fully saturated rings. The lowest BCUT2D eigenvalue weighted by Gasteiger charge is -2.32. The predicted octanol–water partition coefficient (Wildman–Crippen LogP) is -4.62. The number of hydroxylamine groups is 2. The van der Waals surface area contributed by atoms with Crippen LogP contribution in [0, 0.1) is 5.92 Å². The Morgan fingerprint density at radius 3 is 1.77 bits per heavy atom. The molecule has 0 spiro atoms. The summed E-state index contributed by atoms with van der Waals surface area (Å²) in [6.07, 6.45) is -2.58. The zero-order valence-corrected chi connectivity index (χ0v) is 62.6. The summed E-state index contributed by atoms with van der Waals surface area (Å²) >= 11 is 0.789. The SMILES string of the molecule is CC[C@@H]1NC(=O)[C@H](CC(=O)O)NC(=O)[C@H](C(C)C)NC(=O)[C@H](Cc2ccccc2)NC(=O)CSC[C@@H](C(=O)NCC(N)=O)NC(=O)[C@@H]2CCCN2C(=O)[C@H](CO)NC(=O)[C@H](CCCCN)NC(=O)[C@H](C)N(C)C(=O)[C@H](Cc2ccc(-c3ccccc3)cc2)NC(=O)[C@H](C)N2OC[C@H](NC(=O)[C@H]([C@@H](C)O)NC1=O)C2=O. The third-order valence-electron chi connectivity index (χ3n) is 18.5. The van der Waals surface area contributed by atoms with Crippen LogP contribution in [0.3, 0.4) is 0 Å². The molecule has 6 rings (SSSR count). The van der Waals surface area contributed by atoms with Gasteiger partial charge >= 0.3 is 5.97 Å². The van der Waals surface area contributed by atoms with Crippen LogP contribution in [0.4, 0.5) is 0 Å². The number of unbranched alkanes of at least 4 members (excludes halogenated alkanes) is 1. The average molecular weight is 1540 g/mol. The maximum Gasteiger partial charge on any atom is 0.305 e. The number of benzene rings is 3. The van der Waals surface area contributed by atoms with Crippen LogP contribution >= 0.6 is 11.8 Å². The summed E-state index contributed by atoms with van der Waals surface area (Å²) in [6, 6.07) is 4.32. The largest absolute Gasteiger partial charge is 0.481 e. The number of carboxylic acid groups (broad SMARTS) is 1. The predicted molar refractivity (Wildman–Crippen MR) is 393 cm³/mol. The fourth-order valence-corrected chi connectivity index (χ4v) is 12.9.